The summed E-state index contributed by atoms with van der Waals surface area (Å²) >= 11 is 0. The zero-order valence-corrected chi connectivity index (χ0v) is 8.64. The van der Waals surface area contributed by atoms with Gasteiger partial charge in [0.25, 0.3) is 0 Å². The van der Waals surface area contributed by atoms with Crippen LogP contribution in [0.25, 0.3) is 0 Å². The normalized spacial score (nSPS) is 17.6. The number of aliphatic hydroxyl groups excluding tert-OH is 1. The van der Waals surface area contributed by atoms with E-state index < -0.39 is 0 Å². The number of hydrogen-bond acceptors (Lipinski definition) is 3. The number of primary amides is 1. The summed E-state index contributed by atoms with van der Waals surface area (Å²) in [4.78, 5) is 10.6. The molecule has 2 rings (SSSR count). The number of epoxide rings is 1. The molecule has 0 radical (unpaired) electrons. The van der Waals surface area contributed by atoms with E-state index in [4.69, 9.17) is 10.8 Å². The number of aliphatic hydroxyl groups is 1. The first-order valence-electron chi connectivity index (χ1n) is 4.73. The van der Waals surface area contributed by atoms with Crippen molar-refractivity contribution >= 4 is 5.91 Å². The minimum Gasteiger partial charge on any atom is -0.394 e. The molecule has 1 aromatic carbocycles. The second-order valence-electron chi connectivity index (χ2n) is 3.32. The van der Waals surface area contributed by atoms with Gasteiger partial charge in [-0.15, -0.1) is 0 Å². The van der Waals surface area contributed by atoms with Gasteiger partial charge in [0.2, 0.25) is 5.91 Å². The van der Waals surface area contributed by atoms with Crippen LogP contribution >= 0.6 is 0 Å². The van der Waals surface area contributed by atoms with Crippen molar-refractivity contribution in [1.82, 2.24) is 0 Å². The summed E-state index contributed by atoms with van der Waals surface area (Å²) in [5, 5.41) is 8.08. The van der Waals surface area contributed by atoms with E-state index >= 15 is 0 Å². The average Bonchev–Trinajstić information content (AvgIpc) is 3.02. The molecule has 0 bridgehead atoms. The monoisotopic (exact) mass is 209 g/mol. The van der Waals surface area contributed by atoms with E-state index in [1.807, 2.05) is 19.1 Å². The molecule has 4 nitrogen and oxygen atoms in total. The minimum atomic E-state index is -0.363. The first-order valence-corrected chi connectivity index (χ1v) is 4.73. The van der Waals surface area contributed by atoms with E-state index in [0.717, 1.165) is 12.2 Å². The molecular formula is C11H15NO3. The predicted molar refractivity (Wildman–Crippen MR) is 56.5 cm³/mol. The zero-order valence-electron chi connectivity index (χ0n) is 8.64. The summed E-state index contributed by atoms with van der Waals surface area (Å²) < 4.78 is 4.61. The molecule has 1 aromatic rings. The molecule has 0 aromatic heterocycles. The van der Waals surface area contributed by atoms with Crippen molar-refractivity contribution in [2.45, 2.75) is 13.0 Å². The standard InChI is InChI=1S/C8H9NO.C3H6O2/c1-6-4-2-3-5-7(6)8(9)10;4-1-3-2-5-3/h2-5H,1H3,(H2,9,10);3-4H,1-2H2. The molecule has 1 heterocycles. The van der Waals surface area contributed by atoms with Crippen molar-refractivity contribution in [2.24, 2.45) is 5.73 Å². The molecular weight excluding hydrogens is 194 g/mol. The fourth-order valence-electron chi connectivity index (χ4n) is 1.02. The van der Waals surface area contributed by atoms with Gasteiger partial charge in [-0.1, -0.05) is 18.2 Å². The summed E-state index contributed by atoms with van der Waals surface area (Å²) in [7, 11) is 0. The molecule has 4 heteroatoms. The smallest absolute Gasteiger partial charge is 0.248 e. The SMILES string of the molecule is Cc1ccccc1C(N)=O.OCC1CO1. The highest BCUT2D eigenvalue weighted by Gasteiger charge is 2.19. The third-order valence-corrected chi connectivity index (χ3v) is 2.02. The highest BCUT2D eigenvalue weighted by atomic mass is 16.6. The number of hydrogen-bond donors (Lipinski definition) is 2. The lowest BCUT2D eigenvalue weighted by atomic mass is 10.1. The third kappa shape index (κ3) is 4.10. The van der Waals surface area contributed by atoms with Gasteiger partial charge in [-0.05, 0) is 18.6 Å². The Balaban J connectivity index is 0.000000187. The van der Waals surface area contributed by atoms with Crippen LogP contribution in [0.2, 0.25) is 0 Å². The van der Waals surface area contributed by atoms with Gasteiger partial charge >= 0.3 is 0 Å². The molecule has 1 atom stereocenters. The lowest BCUT2D eigenvalue weighted by Crippen LogP contribution is -2.12. The lowest BCUT2D eigenvalue weighted by molar-refractivity contribution is 0.0999. The Bertz CT molecular complexity index is 334. The maximum atomic E-state index is 10.6. The first kappa shape index (κ1) is 11.7. The summed E-state index contributed by atoms with van der Waals surface area (Å²) in [6.07, 6.45) is 0.190. The van der Waals surface area contributed by atoms with Crippen molar-refractivity contribution in [3.8, 4) is 0 Å². The Hall–Kier alpha value is -1.39. The van der Waals surface area contributed by atoms with Crippen LogP contribution in [0.4, 0.5) is 0 Å². The zero-order chi connectivity index (χ0) is 11.3. The van der Waals surface area contributed by atoms with Crippen LogP contribution in [0.1, 0.15) is 15.9 Å². The second kappa shape index (κ2) is 5.48. The van der Waals surface area contributed by atoms with Crippen LogP contribution < -0.4 is 5.73 Å². The second-order valence-corrected chi connectivity index (χ2v) is 3.32. The Kier molecular flexibility index (Phi) is 4.27. The van der Waals surface area contributed by atoms with Gasteiger partial charge in [-0.25, -0.2) is 0 Å². The quantitative estimate of drug-likeness (QED) is 0.695. The molecule has 1 amide bonds. The number of carbonyl (C=O) groups excluding carboxylic acids is 1. The van der Waals surface area contributed by atoms with Crippen molar-refractivity contribution in [3.05, 3.63) is 35.4 Å². The van der Waals surface area contributed by atoms with Crippen LogP contribution in [-0.2, 0) is 4.74 Å². The maximum Gasteiger partial charge on any atom is 0.248 e. The predicted octanol–water partition coefficient (Wildman–Crippen LogP) is 0.471. The third-order valence-electron chi connectivity index (χ3n) is 2.02. The Labute approximate surface area is 88.7 Å². The summed E-state index contributed by atoms with van der Waals surface area (Å²) in [6, 6.07) is 7.26. The maximum absolute atomic E-state index is 10.6. The summed E-state index contributed by atoms with van der Waals surface area (Å²) in [6.45, 7) is 2.82. The van der Waals surface area contributed by atoms with Gasteiger partial charge in [0, 0.05) is 5.56 Å². The van der Waals surface area contributed by atoms with Gasteiger partial charge in [0.05, 0.1) is 13.2 Å². The summed E-state index contributed by atoms with van der Waals surface area (Å²) in [5.41, 5.74) is 6.60. The van der Waals surface area contributed by atoms with Gasteiger partial charge in [0.15, 0.2) is 0 Å². The molecule has 82 valence electrons. The fourth-order valence-corrected chi connectivity index (χ4v) is 1.02. The summed E-state index contributed by atoms with van der Waals surface area (Å²) in [5.74, 6) is -0.363. The van der Waals surface area contributed by atoms with E-state index in [0.29, 0.717) is 5.56 Å². The molecule has 1 aliphatic rings. The van der Waals surface area contributed by atoms with Gasteiger partial charge < -0.3 is 15.6 Å². The fraction of sp³-hybridized carbons (Fsp3) is 0.364. The highest BCUT2D eigenvalue weighted by Crippen LogP contribution is 2.05. The lowest BCUT2D eigenvalue weighted by Gasteiger charge is -1.97. The topological polar surface area (TPSA) is 75.9 Å². The first-order chi connectivity index (χ1) is 7.15. The van der Waals surface area contributed by atoms with Crippen LogP contribution in [0.3, 0.4) is 0 Å². The number of aryl methyl sites for hydroxylation is 1. The molecule has 0 aliphatic carbocycles. The van der Waals surface area contributed by atoms with E-state index in [1.165, 1.54) is 0 Å². The Morgan fingerprint density at radius 3 is 2.47 bits per heavy atom. The van der Waals surface area contributed by atoms with Crippen LogP contribution in [0.15, 0.2) is 24.3 Å². The highest BCUT2D eigenvalue weighted by molar-refractivity contribution is 5.94. The van der Waals surface area contributed by atoms with E-state index in [2.05, 4.69) is 4.74 Å². The molecule has 3 N–H and O–H groups in total. The molecule has 15 heavy (non-hydrogen) atoms. The molecule has 1 aliphatic heterocycles. The van der Waals surface area contributed by atoms with Gasteiger partial charge in [0.1, 0.15) is 6.10 Å². The van der Waals surface area contributed by atoms with Crippen molar-refractivity contribution < 1.29 is 14.6 Å². The van der Waals surface area contributed by atoms with Gasteiger partial charge in [-0.3, -0.25) is 4.79 Å². The minimum absolute atomic E-state index is 0.190. The number of ether oxygens (including phenoxy) is 1. The molecule has 1 saturated heterocycles. The van der Waals surface area contributed by atoms with Gasteiger partial charge in [-0.2, -0.15) is 0 Å². The van der Waals surface area contributed by atoms with Crippen LogP contribution in [0, 0.1) is 6.92 Å². The molecule has 1 fully saturated rings. The van der Waals surface area contributed by atoms with E-state index in [1.54, 1.807) is 12.1 Å². The number of nitrogens with two attached hydrogens (primary N) is 1. The van der Waals surface area contributed by atoms with E-state index in [9.17, 15) is 4.79 Å². The average molecular weight is 209 g/mol. The molecule has 1 unspecified atom stereocenters. The Morgan fingerprint density at radius 2 is 2.20 bits per heavy atom. The molecule has 0 spiro atoms. The molecule has 0 saturated carbocycles. The van der Waals surface area contributed by atoms with Crippen LogP contribution in [0.5, 0.6) is 0 Å². The number of rotatable bonds is 2. The van der Waals surface area contributed by atoms with E-state index in [-0.39, 0.29) is 18.6 Å². The Morgan fingerprint density at radius 1 is 1.60 bits per heavy atom. The van der Waals surface area contributed by atoms with Crippen molar-refractivity contribution in [2.75, 3.05) is 13.2 Å². The number of carbonyl (C=O) groups is 1. The number of benzene rings is 1. The van der Waals surface area contributed by atoms with Crippen LogP contribution in [-0.4, -0.2) is 30.3 Å². The van der Waals surface area contributed by atoms with Crippen molar-refractivity contribution in [3.63, 3.8) is 0 Å². The largest absolute Gasteiger partial charge is 0.394 e. The number of amides is 1. The van der Waals surface area contributed by atoms with Crippen molar-refractivity contribution in [1.29, 1.82) is 0 Å².